The second-order valence-electron chi connectivity index (χ2n) is 8.64. The van der Waals surface area contributed by atoms with Gasteiger partial charge in [0, 0.05) is 31.9 Å². The smallest absolute Gasteiger partial charge is 0.412 e. The van der Waals surface area contributed by atoms with Gasteiger partial charge in [0.25, 0.3) is 11.1 Å². The summed E-state index contributed by atoms with van der Waals surface area (Å²) in [5.41, 5.74) is 0.547. The summed E-state index contributed by atoms with van der Waals surface area (Å²) < 4.78 is 18.4. The summed E-state index contributed by atoms with van der Waals surface area (Å²) in [6.07, 6.45) is 2.48. The molecule has 0 aromatic carbocycles. The number of carbonyl (C=O) groups is 4. The van der Waals surface area contributed by atoms with Gasteiger partial charge < -0.3 is 28.7 Å². The van der Waals surface area contributed by atoms with Crippen LogP contribution in [0.3, 0.4) is 0 Å². The van der Waals surface area contributed by atoms with E-state index in [1.807, 2.05) is 0 Å². The molecule has 36 heavy (non-hydrogen) atoms. The van der Waals surface area contributed by atoms with E-state index < -0.39 is 29.5 Å². The Bertz CT molecular complexity index is 1300. The highest BCUT2D eigenvalue weighted by Crippen LogP contribution is 2.22. The average molecular weight is 518 g/mol. The second-order valence-corrected chi connectivity index (χ2v) is 9.46. The molecule has 0 aliphatic carbocycles. The van der Waals surface area contributed by atoms with Crippen molar-refractivity contribution in [1.82, 2.24) is 14.1 Å². The first kappa shape index (κ1) is 26.5. The minimum atomic E-state index is -0.717. The fourth-order valence-corrected chi connectivity index (χ4v) is 3.68. The minimum Gasteiger partial charge on any atom is -0.461 e. The van der Waals surface area contributed by atoms with Crippen LogP contribution in [0.25, 0.3) is 0 Å². The second kappa shape index (κ2) is 10.6. The molecule has 0 unspecified atom stereocenters. The van der Waals surface area contributed by atoms with Gasteiger partial charge in [0.1, 0.15) is 17.0 Å². The third kappa shape index (κ3) is 6.72. The van der Waals surface area contributed by atoms with Crippen LogP contribution < -0.4 is 15.4 Å². The molecule has 0 radical (unpaired) electrons. The topological polar surface area (TPSA) is 143 Å². The molecule has 0 bridgehead atoms. The lowest BCUT2D eigenvalue weighted by atomic mass is 10.2. The van der Waals surface area contributed by atoms with Gasteiger partial charge in [-0.3, -0.25) is 10.1 Å². The van der Waals surface area contributed by atoms with Gasteiger partial charge >= 0.3 is 18.0 Å². The zero-order valence-electron chi connectivity index (χ0n) is 20.7. The van der Waals surface area contributed by atoms with Gasteiger partial charge in [-0.05, 0) is 39.8 Å². The first-order valence-corrected chi connectivity index (χ1v) is 11.7. The van der Waals surface area contributed by atoms with Crippen molar-refractivity contribution >= 4 is 46.7 Å². The molecule has 3 heterocycles. The van der Waals surface area contributed by atoms with Crippen LogP contribution in [0.5, 0.6) is 5.19 Å². The van der Waals surface area contributed by atoms with E-state index in [-0.39, 0.29) is 28.9 Å². The fourth-order valence-electron chi connectivity index (χ4n) is 3.05. The lowest BCUT2D eigenvalue weighted by molar-refractivity contribution is 0.0516. The van der Waals surface area contributed by atoms with E-state index in [0.29, 0.717) is 11.4 Å². The van der Waals surface area contributed by atoms with Crippen LogP contribution in [0.15, 0.2) is 29.9 Å². The predicted octanol–water partition coefficient (Wildman–Crippen LogP) is 3.82. The summed E-state index contributed by atoms with van der Waals surface area (Å²) >= 11 is 0.983. The van der Waals surface area contributed by atoms with Crippen molar-refractivity contribution in [2.75, 3.05) is 17.2 Å². The van der Waals surface area contributed by atoms with Crippen LogP contribution in [0.4, 0.5) is 16.2 Å². The zero-order chi connectivity index (χ0) is 26.6. The van der Waals surface area contributed by atoms with Crippen LogP contribution in [0.2, 0.25) is 0 Å². The Morgan fingerprint density at radius 2 is 1.58 bits per heavy atom. The summed E-state index contributed by atoms with van der Waals surface area (Å²) in [5.74, 6) is -1.78. The van der Waals surface area contributed by atoms with Crippen LogP contribution >= 0.6 is 11.3 Å². The number of hydrogen-bond donors (Lipinski definition) is 2. The van der Waals surface area contributed by atoms with Crippen molar-refractivity contribution < 1.29 is 33.4 Å². The van der Waals surface area contributed by atoms with Crippen LogP contribution in [0.1, 0.15) is 59.2 Å². The number of hydrogen-bond acceptors (Lipinski definition) is 9. The van der Waals surface area contributed by atoms with E-state index in [1.54, 1.807) is 58.8 Å². The maximum absolute atomic E-state index is 12.8. The van der Waals surface area contributed by atoms with E-state index in [2.05, 4.69) is 15.6 Å². The third-order valence-corrected chi connectivity index (χ3v) is 5.22. The van der Waals surface area contributed by atoms with Gasteiger partial charge in [-0.1, -0.05) is 11.3 Å². The Morgan fingerprint density at radius 1 is 0.972 bits per heavy atom. The van der Waals surface area contributed by atoms with Gasteiger partial charge in [0.05, 0.1) is 18.0 Å². The van der Waals surface area contributed by atoms with Crippen molar-refractivity contribution in [3.8, 4) is 5.19 Å². The Kier molecular flexibility index (Phi) is 7.83. The molecule has 2 N–H and O–H groups in total. The van der Waals surface area contributed by atoms with Crippen molar-refractivity contribution in [2.24, 2.45) is 14.1 Å². The molecular weight excluding hydrogens is 490 g/mol. The first-order valence-electron chi connectivity index (χ1n) is 10.8. The number of thiazole rings is 1. The number of amides is 2. The predicted molar refractivity (Wildman–Crippen MR) is 132 cm³/mol. The maximum atomic E-state index is 12.8. The zero-order valence-corrected chi connectivity index (χ0v) is 21.5. The molecule has 3 aromatic rings. The molecule has 0 spiro atoms. The first-order chi connectivity index (χ1) is 16.9. The molecule has 0 aliphatic rings. The number of nitrogens with one attached hydrogen (secondary N) is 2. The van der Waals surface area contributed by atoms with E-state index >= 15 is 0 Å². The molecule has 12 nitrogen and oxygen atoms in total. The van der Waals surface area contributed by atoms with E-state index in [0.717, 1.165) is 11.3 Å². The van der Waals surface area contributed by atoms with Gasteiger partial charge in [0.15, 0.2) is 5.69 Å². The summed E-state index contributed by atoms with van der Waals surface area (Å²) in [4.78, 5) is 53.1. The third-order valence-electron chi connectivity index (χ3n) is 4.50. The number of aromatic nitrogens is 3. The van der Waals surface area contributed by atoms with E-state index in [1.165, 1.54) is 22.1 Å². The SMILES string of the molecule is CCOC(=O)c1csc(OC(=O)c2cc(NC(=O)c3cc(NC(=O)OC(C)(C)C)cn3C)cn2C)n1. The van der Waals surface area contributed by atoms with Crippen LogP contribution in [0, 0.1) is 0 Å². The maximum Gasteiger partial charge on any atom is 0.412 e. The standard InChI is InChI=1S/C23H27N5O7S/c1-7-33-19(30)15-12-36-22(26-15)34-20(31)17-9-13(10-28(17)6)24-18(29)16-8-14(11-27(16)5)25-21(32)35-23(2,3)4/h8-12H,7H2,1-6H3,(H,24,29)(H,25,32). The molecule has 192 valence electrons. The van der Waals surface area contributed by atoms with Gasteiger partial charge in [0.2, 0.25) is 0 Å². The Morgan fingerprint density at radius 3 is 2.22 bits per heavy atom. The number of nitrogens with zero attached hydrogens (tertiary/aromatic N) is 3. The highest BCUT2D eigenvalue weighted by atomic mass is 32.1. The molecule has 0 saturated heterocycles. The summed E-state index contributed by atoms with van der Waals surface area (Å²) in [6, 6.07) is 2.95. The summed E-state index contributed by atoms with van der Waals surface area (Å²) in [6.45, 7) is 7.12. The van der Waals surface area contributed by atoms with Crippen LogP contribution in [-0.4, -0.2) is 50.3 Å². The quantitative estimate of drug-likeness (QED) is 0.451. The lowest BCUT2D eigenvalue weighted by Gasteiger charge is -2.19. The highest BCUT2D eigenvalue weighted by molar-refractivity contribution is 7.11. The number of anilines is 2. The molecular formula is C23H27N5O7S. The Hall–Kier alpha value is -4.13. The number of carbonyl (C=O) groups excluding carboxylic acids is 4. The Labute approximate surface area is 211 Å². The lowest BCUT2D eigenvalue weighted by Crippen LogP contribution is -2.27. The summed E-state index contributed by atoms with van der Waals surface area (Å²) in [7, 11) is 3.27. The monoisotopic (exact) mass is 517 g/mol. The number of esters is 2. The Balaban J connectivity index is 1.65. The van der Waals surface area contributed by atoms with Crippen molar-refractivity contribution in [1.29, 1.82) is 0 Å². The van der Waals surface area contributed by atoms with Gasteiger partial charge in [-0.2, -0.15) is 4.98 Å². The largest absolute Gasteiger partial charge is 0.461 e. The molecule has 0 saturated carbocycles. The number of aryl methyl sites for hydroxylation is 2. The molecule has 0 fully saturated rings. The molecule has 0 atom stereocenters. The summed E-state index contributed by atoms with van der Waals surface area (Å²) in [5, 5.41) is 6.72. The van der Waals surface area contributed by atoms with E-state index in [4.69, 9.17) is 14.2 Å². The van der Waals surface area contributed by atoms with Crippen molar-refractivity contribution in [3.63, 3.8) is 0 Å². The normalized spacial score (nSPS) is 11.1. The molecule has 13 heteroatoms. The van der Waals surface area contributed by atoms with E-state index in [9.17, 15) is 19.2 Å². The fraction of sp³-hybridized carbons (Fsp3) is 0.348. The molecule has 3 rings (SSSR count). The molecule has 3 aromatic heterocycles. The molecule has 0 aliphatic heterocycles. The molecule has 2 amide bonds. The van der Waals surface area contributed by atoms with Gasteiger partial charge in [-0.15, -0.1) is 0 Å². The van der Waals surface area contributed by atoms with Crippen LogP contribution in [-0.2, 0) is 23.6 Å². The number of ether oxygens (including phenoxy) is 3. The van der Waals surface area contributed by atoms with Crippen molar-refractivity contribution in [3.05, 3.63) is 47.0 Å². The average Bonchev–Trinajstić information content (AvgIpc) is 3.45. The minimum absolute atomic E-state index is 0.0105. The number of rotatable bonds is 7. The highest BCUT2D eigenvalue weighted by Gasteiger charge is 2.21. The van der Waals surface area contributed by atoms with Gasteiger partial charge in [-0.25, -0.2) is 14.4 Å². The van der Waals surface area contributed by atoms with Crippen molar-refractivity contribution in [2.45, 2.75) is 33.3 Å².